The maximum atomic E-state index is 13.1. The molecule has 9 heteroatoms. The van der Waals surface area contributed by atoms with Gasteiger partial charge in [0.25, 0.3) is 5.69 Å². The molecule has 2 atom stereocenters. The van der Waals surface area contributed by atoms with Gasteiger partial charge in [0.1, 0.15) is 11.7 Å². The fourth-order valence-corrected chi connectivity index (χ4v) is 1.79. The van der Waals surface area contributed by atoms with E-state index in [0.29, 0.717) is 0 Å². The lowest BCUT2D eigenvalue weighted by Crippen LogP contribution is -2.40. The van der Waals surface area contributed by atoms with E-state index >= 15 is 0 Å². The predicted octanol–water partition coefficient (Wildman–Crippen LogP) is 3.15. The third kappa shape index (κ3) is 5.20. The van der Waals surface area contributed by atoms with Crippen molar-refractivity contribution in [1.82, 2.24) is 0 Å². The van der Waals surface area contributed by atoms with Crippen LogP contribution in [-0.2, 0) is 9.53 Å². The third-order valence-corrected chi connectivity index (χ3v) is 2.77. The number of carbonyl (C=O) groups excluding carboxylic acids is 1. The second-order valence-electron chi connectivity index (χ2n) is 5.85. The van der Waals surface area contributed by atoms with E-state index < -0.39 is 34.7 Å². The molecule has 1 aromatic rings. The zero-order valence-electron chi connectivity index (χ0n) is 12.6. The van der Waals surface area contributed by atoms with Crippen molar-refractivity contribution in [3.8, 4) is 0 Å². The van der Waals surface area contributed by atoms with Gasteiger partial charge in [-0.1, -0.05) is 0 Å². The van der Waals surface area contributed by atoms with E-state index in [2.05, 4.69) is 0 Å². The Balaban J connectivity index is 3.12. The summed E-state index contributed by atoms with van der Waals surface area (Å²) in [4.78, 5) is 21.6. The molecule has 23 heavy (non-hydrogen) atoms. The van der Waals surface area contributed by atoms with Gasteiger partial charge in [-0.15, -0.1) is 0 Å². The normalized spacial score (nSPS) is 14.9. The van der Waals surface area contributed by atoms with E-state index in [1.54, 1.807) is 0 Å². The lowest BCUT2D eigenvalue weighted by molar-refractivity contribution is -0.384. The van der Waals surface area contributed by atoms with Crippen molar-refractivity contribution in [3.63, 3.8) is 0 Å². The number of benzene rings is 1. The number of aliphatic hydroxyl groups is 1. The zero-order chi connectivity index (χ0) is 18.0. The molecule has 0 unspecified atom stereocenters. The second kappa shape index (κ2) is 6.53. The van der Waals surface area contributed by atoms with Crippen LogP contribution in [0.4, 0.5) is 18.9 Å². The quantitative estimate of drug-likeness (QED) is 0.519. The molecule has 1 rings (SSSR count). The Kier molecular flexibility index (Phi) is 5.36. The largest absolute Gasteiger partial charge is 0.459 e. The zero-order valence-corrected chi connectivity index (χ0v) is 12.6. The number of hydrogen-bond donors (Lipinski definition) is 1. The molecule has 0 fully saturated rings. The molecule has 0 aromatic heterocycles. The molecule has 0 aliphatic carbocycles. The van der Waals surface area contributed by atoms with Gasteiger partial charge in [-0.3, -0.25) is 14.9 Å². The first-order valence-electron chi connectivity index (χ1n) is 6.55. The summed E-state index contributed by atoms with van der Waals surface area (Å²) in [7, 11) is 0. The molecule has 0 heterocycles. The highest BCUT2D eigenvalue weighted by atomic mass is 19.4. The van der Waals surface area contributed by atoms with Gasteiger partial charge in [-0.2, -0.15) is 13.2 Å². The minimum Gasteiger partial charge on any atom is -0.459 e. The number of nitro groups is 1. The van der Waals surface area contributed by atoms with Crippen molar-refractivity contribution >= 4 is 11.7 Å². The lowest BCUT2D eigenvalue weighted by atomic mass is 9.94. The molecule has 128 valence electrons. The van der Waals surface area contributed by atoms with Crippen LogP contribution < -0.4 is 0 Å². The van der Waals surface area contributed by atoms with Crippen molar-refractivity contribution in [1.29, 1.82) is 0 Å². The molecular weight excluding hydrogens is 319 g/mol. The first-order chi connectivity index (χ1) is 10.3. The van der Waals surface area contributed by atoms with Crippen LogP contribution in [0, 0.1) is 16.0 Å². The molecule has 0 radical (unpaired) electrons. The lowest BCUT2D eigenvalue weighted by Gasteiger charge is -2.28. The van der Waals surface area contributed by atoms with Crippen LogP contribution in [0.1, 0.15) is 32.4 Å². The van der Waals surface area contributed by atoms with Gasteiger partial charge >= 0.3 is 12.1 Å². The van der Waals surface area contributed by atoms with Gasteiger partial charge in [0.2, 0.25) is 0 Å². The number of non-ortho nitro benzene ring substituents is 1. The highest BCUT2D eigenvalue weighted by Crippen LogP contribution is 2.38. The summed E-state index contributed by atoms with van der Waals surface area (Å²) in [5.74, 6) is -4.40. The van der Waals surface area contributed by atoms with Gasteiger partial charge in [0.15, 0.2) is 5.92 Å². The monoisotopic (exact) mass is 335 g/mol. The number of halogens is 3. The SMILES string of the molecule is CC(C)(C)OC(=O)[C@@H]([C@H](O)c1ccc([N+](=O)[O-])cc1)C(F)(F)F. The van der Waals surface area contributed by atoms with E-state index in [0.717, 1.165) is 24.3 Å². The van der Waals surface area contributed by atoms with Gasteiger partial charge in [0.05, 0.1) is 4.92 Å². The van der Waals surface area contributed by atoms with E-state index in [9.17, 15) is 33.2 Å². The van der Waals surface area contributed by atoms with Gasteiger partial charge in [-0.05, 0) is 38.5 Å². The number of aliphatic hydroxyl groups excluding tert-OH is 1. The smallest absolute Gasteiger partial charge is 0.405 e. The molecule has 0 saturated heterocycles. The van der Waals surface area contributed by atoms with Gasteiger partial charge in [0, 0.05) is 12.1 Å². The summed E-state index contributed by atoms with van der Waals surface area (Å²) in [6, 6.07) is 3.82. The molecular formula is C14H16F3NO5. The summed E-state index contributed by atoms with van der Waals surface area (Å²) in [6.45, 7) is 4.20. The average molecular weight is 335 g/mol. The minimum absolute atomic E-state index is 0.274. The van der Waals surface area contributed by atoms with Crippen LogP contribution in [0.2, 0.25) is 0 Å². The van der Waals surface area contributed by atoms with Crippen LogP contribution in [0.25, 0.3) is 0 Å². The molecule has 6 nitrogen and oxygen atoms in total. The highest BCUT2D eigenvalue weighted by Gasteiger charge is 2.51. The van der Waals surface area contributed by atoms with Crippen LogP contribution in [-0.4, -0.2) is 27.8 Å². The molecule has 0 bridgehead atoms. The van der Waals surface area contributed by atoms with E-state index in [4.69, 9.17) is 4.74 Å². The Labute approximate surface area is 130 Å². The van der Waals surface area contributed by atoms with Crippen molar-refractivity contribution in [3.05, 3.63) is 39.9 Å². The number of ether oxygens (including phenoxy) is 1. The van der Waals surface area contributed by atoms with E-state index in [1.807, 2.05) is 0 Å². The number of rotatable bonds is 4. The Morgan fingerprint density at radius 1 is 1.22 bits per heavy atom. The van der Waals surface area contributed by atoms with Gasteiger partial charge in [-0.25, -0.2) is 0 Å². The summed E-state index contributed by atoms with van der Waals surface area (Å²) in [6.07, 6.45) is -7.27. The number of hydrogen-bond acceptors (Lipinski definition) is 5. The molecule has 0 saturated carbocycles. The number of carbonyl (C=O) groups is 1. The molecule has 1 aromatic carbocycles. The standard InChI is InChI=1S/C14H16F3NO5/c1-13(2,3)23-12(20)10(14(15,16)17)11(19)8-4-6-9(7-5-8)18(21)22/h4-7,10-11,19H,1-3H3/t10-,11-/m1/s1. The van der Waals surface area contributed by atoms with E-state index in [1.165, 1.54) is 20.8 Å². The molecule has 0 aliphatic heterocycles. The predicted molar refractivity (Wildman–Crippen MR) is 73.4 cm³/mol. The van der Waals surface area contributed by atoms with Crippen LogP contribution in [0.3, 0.4) is 0 Å². The molecule has 0 aliphatic rings. The topological polar surface area (TPSA) is 89.7 Å². The van der Waals surface area contributed by atoms with Crippen molar-refractivity contribution < 1.29 is 32.7 Å². The summed E-state index contributed by atoms with van der Waals surface area (Å²) in [5, 5.41) is 20.5. The number of esters is 1. The third-order valence-electron chi connectivity index (χ3n) is 2.77. The number of nitro benzene ring substituents is 1. The van der Waals surface area contributed by atoms with Crippen molar-refractivity contribution in [2.24, 2.45) is 5.92 Å². The van der Waals surface area contributed by atoms with Crippen molar-refractivity contribution in [2.75, 3.05) is 0 Å². The summed E-state index contributed by atoms with van der Waals surface area (Å²) in [5.41, 5.74) is -1.78. The number of alkyl halides is 3. The Bertz CT molecular complexity index is 578. The molecule has 0 amide bonds. The summed E-state index contributed by atoms with van der Waals surface area (Å²) >= 11 is 0. The Morgan fingerprint density at radius 3 is 2.04 bits per heavy atom. The van der Waals surface area contributed by atoms with Crippen molar-refractivity contribution in [2.45, 2.75) is 38.7 Å². The molecule has 0 spiro atoms. The Hall–Kier alpha value is -2.16. The van der Waals surface area contributed by atoms with E-state index in [-0.39, 0.29) is 11.3 Å². The van der Waals surface area contributed by atoms with Crippen LogP contribution in [0.5, 0.6) is 0 Å². The Morgan fingerprint density at radius 2 is 1.70 bits per heavy atom. The maximum absolute atomic E-state index is 13.1. The maximum Gasteiger partial charge on any atom is 0.405 e. The first-order valence-corrected chi connectivity index (χ1v) is 6.55. The second-order valence-corrected chi connectivity index (χ2v) is 5.85. The minimum atomic E-state index is -5.04. The van der Waals surface area contributed by atoms with Crippen LogP contribution >= 0.6 is 0 Å². The fraction of sp³-hybridized carbons (Fsp3) is 0.500. The fourth-order valence-electron chi connectivity index (χ4n) is 1.79. The van der Waals surface area contributed by atoms with Gasteiger partial charge < -0.3 is 9.84 Å². The summed E-state index contributed by atoms with van der Waals surface area (Å²) < 4.78 is 44.1. The molecule has 1 N–H and O–H groups in total. The highest BCUT2D eigenvalue weighted by molar-refractivity contribution is 5.74. The van der Waals surface area contributed by atoms with Crippen LogP contribution in [0.15, 0.2) is 24.3 Å². The average Bonchev–Trinajstić information content (AvgIpc) is 2.34. The number of nitrogens with zero attached hydrogens (tertiary/aromatic N) is 1. The first kappa shape index (κ1) is 18.9.